The molecule has 5 rings (SSSR count). The molecule has 10 nitrogen and oxygen atoms in total. The minimum absolute atomic E-state index is 0. The Labute approximate surface area is 301 Å². The second-order valence-electron chi connectivity index (χ2n) is 12.1. The van der Waals surface area contributed by atoms with Gasteiger partial charge in [0, 0.05) is 31.0 Å². The first-order valence-electron chi connectivity index (χ1n) is 16.4. The number of hydrogen-bond donors (Lipinski definition) is 2. The molecule has 2 amide bonds. The molecular weight excluding hydrogens is 732 g/mol. The van der Waals surface area contributed by atoms with Crippen LogP contribution in [0.25, 0.3) is 5.69 Å². The summed E-state index contributed by atoms with van der Waals surface area (Å²) in [6.07, 6.45) is 4.07. The summed E-state index contributed by atoms with van der Waals surface area (Å²) in [4.78, 5) is 31.1. The average Bonchev–Trinajstić information content (AvgIpc) is 3.49. The molecule has 2 atom stereocenters. The maximum Gasteiger partial charge on any atom is 0.274 e. The molecular formula is C36H42BrF2N5O5S. The lowest BCUT2D eigenvalue weighted by atomic mass is 9.93. The van der Waals surface area contributed by atoms with E-state index in [1.807, 2.05) is 29.2 Å². The first-order chi connectivity index (χ1) is 23.6. The summed E-state index contributed by atoms with van der Waals surface area (Å²) in [5.41, 5.74) is 3.58. The van der Waals surface area contributed by atoms with Crippen molar-refractivity contribution in [2.45, 2.75) is 70.4 Å². The number of halogens is 3. The Morgan fingerprint density at radius 1 is 1.02 bits per heavy atom. The van der Waals surface area contributed by atoms with Crippen molar-refractivity contribution in [3.63, 3.8) is 0 Å². The van der Waals surface area contributed by atoms with Crippen LogP contribution in [0.4, 0.5) is 14.5 Å². The van der Waals surface area contributed by atoms with Crippen molar-refractivity contribution in [2.24, 2.45) is 0 Å². The van der Waals surface area contributed by atoms with Gasteiger partial charge in [-0.05, 0) is 89.6 Å². The molecule has 0 spiro atoms. The molecule has 0 saturated carbocycles. The SMILES string of the molecule is CCCCN(CCCC)C(=O)c1cc(C)n(-c2ccc(NS(=O)c3cc(F)c(Br)cc3F)cc2C(=O)N2Cc3ccccc3C[C@H]2CO)n1.O. The van der Waals surface area contributed by atoms with Crippen molar-refractivity contribution in [1.29, 1.82) is 0 Å². The Bertz CT molecular complexity index is 1860. The van der Waals surface area contributed by atoms with E-state index in [1.165, 1.54) is 10.7 Å². The van der Waals surface area contributed by atoms with E-state index >= 15 is 0 Å². The Morgan fingerprint density at radius 2 is 1.70 bits per heavy atom. The second kappa shape index (κ2) is 17.3. The van der Waals surface area contributed by atoms with Crippen LogP contribution in [-0.4, -0.2) is 71.9 Å². The molecule has 1 unspecified atom stereocenters. The summed E-state index contributed by atoms with van der Waals surface area (Å²) in [6, 6.07) is 15.3. The minimum atomic E-state index is -2.22. The highest BCUT2D eigenvalue weighted by atomic mass is 79.9. The number of anilines is 1. The largest absolute Gasteiger partial charge is 0.412 e. The number of nitrogens with one attached hydrogen (secondary N) is 1. The molecule has 268 valence electrons. The van der Waals surface area contributed by atoms with Crippen LogP contribution in [0.1, 0.15) is 77.2 Å². The molecule has 1 aromatic heterocycles. The van der Waals surface area contributed by atoms with Crippen molar-refractivity contribution < 1.29 is 33.2 Å². The van der Waals surface area contributed by atoms with Crippen molar-refractivity contribution >= 4 is 44.4 Å². The number of carbonyl (C=O) groups is 2. The summed E-state index contributed by atoms with van der Waals surface area (Å²) < 4.78 is 46.2. The third-order valence-electron chi connectivity index (χ3n) is 8.62. The summed E-state index contributed by atoms with van der Waals surface area (Å²) in [7, 11) is -2.22. The molecule has 2 heterocycles. The number of carbonyl (C=O) groups excluding carboxylic acids is 2. The number of fused-ring (bicyclic) bond motifs is 1. The second-order valence-corrected chi connectivity index (χ2v) is 14.2. The van der Waals surface area contributed by atoms with E-state index in [9.17, 15) is 27.7 Å². The molecule has 0 radical (unpaired) electrons. The normalized spacial score (nSPS) is 14.5. The van der Waals surface area contributed by atoms with Crippen molar-refractivity contribution in [1.82, 2.24) is 19.6 Å². The van der Waals surface area contributed by atoms with E-state index in [0.717, 1.165) is 48.9 Å². The van der Waals surface area contributed by atoms with E-state index < -0.39 is 39.5 Å². The third kappa shape index (κ3) is 8.48. The Kier molecular flexibility index (Phi) is 13.4. The molecule has 1 aliphatic heterocycles. The molecule has 1 aliphatic rings. The summed E-state index contributed by atoms with van der Waals surface area (Å²) in [5, 5.41) is 15.0. The van der Waals surface area contributed by atoms with Crippen LogP contribution >= 0.6 is 15.9 Å². The number of nitrogens with zero attached hydrogens (tertiary/aromatic N) is 4. The van der Waals surface area contributed by atoms with Crippen LogP contribution in [0.5, 0.6) is 0 Å². The van der Waals surface area contributed by atoms with Crippen LogP contribution in [0.15, 0.2) is 70.0 Å². The lowest BCUT2D eigenvalue weighted by Gasteiger charge is -2.36. The Balaban J connectivity index is 0.00000562. The van der Waals surface area contributed by atoms with Gasteiger partial charge in [-0.3, -0.25) is 9.59 Å². The molecule has 4 aromatic rings. The van der Waals surface area contributed by atoms with Crippen molar-refractivity contribution in [3.05, 3.63) is 105 Å². The number of unbranched alkanes of at least 4 members (excludes halogenated alkanes) is 2. The lowest BCUT2D eigenvalue weighted by Crippen LogP contribution is -2.46. The maximum atomic E-state index is 14.7. The monoisotopic (exact) mass is 773 g/mol. The van der Waals surface area contributed by atoms with Crippen LogP contribution in [-0.2, 0) is 24.0 Å². The van der Waals surface area contributed by atoms with Crippen LogP contribution in [0, 0.1) is 18.6 Å². The van der Waals surface area contributed by atoms with Gasteiger partial charge in [-0.2, -0.15) is 5.10 Å². The number of amides is 2. The number of aliphatic hydroxyl groups excluding tert-OH is 1. The molecule has 0 bridgehead atoms. The fourth-order valence-electron chi connectivity index (χ4n) is 5.90. The molecule has 50 heavy (non-hydrogen) atoms. The number of rotatable bonds is 13. The van der Waals surface area contributed by atoms with Crippen LogP contribution in [0.3, 0.4) is 0 Å². The van der Waals surface area contributed by atoms with Gasteiger partial charge >= 0.3 is 0 Å². The first-order valence-corrected chi connectivity index (χ1v) is 18.3. The van der Waals surface area contributed by atoms with Crippen molar-refractivity contribution in [3.8, 4) is 5.69 Å². The molecule has 0 saturated heterocycles. The van der Waals surface area contributed by atoms with Crippen molar-refractivity contribution in [2.75, 3.05) is 24.4 Å². The topological polar surface area (TPSA) is 139 Å². The quantitative estimate of drug-likeness (QED) is 0.157. The summed E-state index contributed by atoms with van der Waals surface area (Å²) in [5.74, 6) is -2.27. The predicted octanol–water partition coefficient (Wildman–Crippen LogP) is 6.13. The lowest BCUT2D eigenvalue weighted by molar-refractivity contribution is 0.0544. The van der Waals surface area contributed by atoms with Gasteiger partial charge in [-0.25, -0.2) is 17.7 Å². The molecule has 4 N–H and O–H groups in total. The van der Waals surface area contributed by atoms with Gasteiger partial charge in [-0.15, -0.1) is 0 Å². The van der Waals surface area contributed by atoms with Gasteiger partial charge in [0.1, 0.15) is 11.6 Å². The Hall–Kier alpha value is -3.98. The van der Waals surface area contributed by atoms with E-state index in [-0.39, 0.29) is 46.0 Å². The third-order valence-corrected chi connectivity index (χ3v) is 10.4. The average molecular weight is 775 g/mol. The first kappa shape index (κ1) is 38.8. The van der Waals surface area contributed by atoms with Gasteiger partial charge < -0.3 is 25.1 Å². The fraction of sp³-hybridized carbons (Fsp3) is 0.361. The zero-order valence-electron chi connectivity index (χ0n) is 28.2. The standard InChI is InChI=1S/C36H40BrF2N5O4S.H2O/c1-4-6-14-42(15-7-5-2)36(47)32-16-23(3)44(40-32)33-13-12-26(41-49(48)34-20-30(38)29(37)19-31(34)39)18-28(33)35(46)43-21-25-11-9-8-10-24(25)17-27(43)22-45;/h8-13,16,18-20,27,41,45H,4-7,14-15,17,21-22H2,1-3H3;1H2/t27-,49?;/m0./s1. The molecule has 14 heteroatoms. The van der Waals surface area contributed by atoms with Gasteiger partial charge in [0.05, 0.1) is 33.3 Å². The van der Waals surface area contributed by atoms with Gasteiger partial charge in [0.25, 0.3) is 11.8 Å². The summed E-state index contributed by atoms with van der Waals surface area (Å²) >= 11 is 2.93. The van der Waals surface area contributed by atoms with Gasteiger partial charge in [0.15, 0.2) is 16.7 Å². The molecule has 0 aliphatic carbocycles. The van der Waals surface area contributed by atoms with Gasteiger partial charge in [-0.1, -0.05) is 51.0 Å². The highest BCUT2D eigenvalue weighted by molar-refractivity contribution is 9.10. The number of aryl methyl sites for hydroxylation is 1. The maximum absolute atomic E-state index is 14.7. The Morgan fingerprint density at radius 3 is 2.36 bits per heavy atom. The molecule has 3 aromatic carbocycles. The van der Waals surface area contributed by atoms with E-state index in [4.69, 9.17) is 0 Å². The van der Waals surface area contributed by atoms with E-state index in [1.54, 1.807) is 30.0 Å². The highest BCUT2D eigenvalue weighted by Crippen LogP contribution is 2.30. The minimum Gasteiger partial charge on any atom is -0.412 e. The fourth-order valence-corrected chi connectivity index (χ4v) is 7.12. The predicted molar refractivity (Wildman–Crippen MR) is 193 cm³/mol. The van der Waals surface area contributed by atoms with Gasteiger partial charge in [0.2, 0.25) is 0 Å². The smallest absolute Gasteiger partial charge is 0.274 e. The zero-order valence-corrected chi connectivity index (χ0v) is 30.6. The number of aromatic nitrogens is 2. The van der Waals surface area contributed by atoms with E-state index in [0.29, 0.717) is 30.9 Å². The highest BCUT2D eigenvalue weighted by Gasteiger charge is 2.32. The number of hydrogen-bond acceptors (Lipinski definition) is 5. The number of aliphatic hydroxyl groups is 1. The number of benzene rings is 3. The molecule has 0 fully saturated rings. The zero-order chi connectivity index (χ0) is 35.2. The summed E-state index contributed by atoms with van der Waals surface area (Å²) in [6.45, 7) is 7.15. The van der Waals surface area contributed by atoms with Crippen LogP contribution < -0.4 is 4.72 Å². The van der Waals surface area contributed by atoms with E-state index in [2.05, 4.69) is 39.6 Å². The van der Waals surface area contributed by atoms with Crippen LogP contribution in [0.2, 0.25) is 0 Å².